The van der Waals surface area contributed by atoms with Gasteiger partial charge in [0.05, 0.1) is 10.8 Å². The lowest BCUT2D eigenvalue weighted by molar-refractivity contribution is 0.587. The lowest BCUT2D eigenvalue weighted by Crippen LogP contribution is -2.36. The summed E-state index contributed by atoms with van der Waals surface area (Å²) in [5.41, 5.74) is 23.9. The van der Waals surface area contributed by atoms with Crippen LogP contribution in [0.4, 0.5) is 0 Å². The van der Waals surface area contributed by atoms with Crippen molar-refractivity contribution in [3.63, 3.8) is 0 Å². The van der Waals surface area contributed by atoms with Gasteiger partial charge < -0.3 is 0 Å². The molecule has 84 heavy (non-hydrogen) atoms. The van der Waals surface area contributed by atoms with Crippen LogP contribution < -0.4 is 0 Å². The third-order valence-electron chi connectivity index (χ3n) is 19.3. The number of hydrogen-bond donors (Lipinski definition) is 0. The second kappa shape index (κ2) is 19.0. The molecule has 14 rings (SSSR count). The van der Waals surface area contributed by atoms with Crippen LogP contribution in [0.3, 0.4) is 0 Å². The molecular weight excluding hydrogens is 1010 g/mol. The first-order valence-electron chi connectivity index (χ1n) is 30.5. The van der Waals surface area contributed by atoms with Crippen LogP contribution in [0.5, 0.6) is 0 Å². The Morgan fingerprint density at radius 3 is 1.05 bits per heavy atom. The van der Waals surface area contributed by atoms with Gasteiger partial charge in [0.15, 0.2) is 0 Å². The minimum absolute atomic E-state index is 0.0465. The zero-order valence-corrected chi connectivity index (χ0v) is 51.1. The van der Waals surface area contributed by atoms with Crippen molar-refractivity contribution in [2.24, 2.45) is 0 Å². The molecule has 0 spiro atoms. The summed E-state index contributed by atoms with van der Waals surface area (Å²) in [6, 6.07) is 95.4. The van der Waals surface area contributed by atoms with E-state index >= 15 is 0 Å². The minimum Gasteiger partial charge on any atom is -0.0616 e. The fourth-order valence-corrected chi connectivity index (χ4v) is 14.7. The van der Waals surface area contributed by atoms with Gasteiger partial charge in [0.1, 0.15) is 0 Å². The van der Waals surface area contributed by atoms with Gasteiger partial charge >= 0.3 is 0 Å². The average molecular weight is 1090 g/mol. The number of fused-ring (bicyclic) bond motifs is 11. The van der Waals surface area contributed by atoms with Crippen molar-refractivity contribution in [2.45, 2.75) is 116 Å². The topological polar surface area (TPSA) is 0 Å². The van der Waals surface area contributed by atoms with Crippen LogP contribution in [-0.2, 0) is 32.5 Å². The highest BCUT2D eigenvalue weighted by atomic mass is 14.6. The summed E-state index contributed by atoms with van der Waals surface area (Å²) >= 11 is 0. The fourth-order valence-electron chi connectivity index (χ4n) is 14.7. The van der Waals surface area contributed by atoms with Gasteiger partial charge in [-0.15, -0.1) is 0 Å². The molecule has 0 radical (unpaired) electrons. The zero-order chi connectivity index (χ0) is 58.3. The Morgan fingerprint density at radius 1 is 0.238 bits per heavy atom. The smallest absolute Gasteiger partial charge is 0.0616 e. The van der Waals surface area contributed by atoms with E-state index in [1.807, 2.05) is 0 Å². The first-order chi connectivity index (χ1) is 40.1. The van der Waals surface area contributed by atoms with Gasteiger partial charge in [-0.05, 0) is 190 Å². The molecule has 0 aromatic heterocycles. The molecule has 0 amide bonds. The van der Waals surface area contributed by atoms with Gasteiger partial charge in [-0.2, -0.15) is 0 Å². The first kappa shape index (κ1) is 53.4. The Hall–Kier alpha value is -8.58. The van der Waals surface area contributed by atoms with Crippen molar-refractivity contribution < 1.29 is 0 Å². The molecule has 2 aliphatic rings. The molecule has 12 aromatic rings. The normalized spacial score (nSPS) is 14.4. The van der Waals surface area contributed by atoms with Crippen molar-refractivity contribution in [3.05, 3.63) is 309 Å². The summed E-state index contributed by atoms with van der Waals surface area (Å²) in [5, 5.41) is 7.49. The number of hydrogen-bond acceptors (Lipinski definition) is 0. The number of benzene rings is 12. The molecule has 0 saturated heterocycles. The van der Waals surface area contributed by atoms with E-state index in [9.17, 15) is 0 Å². The van der Waals surface area contributed by atoms with E-state index in [1.165, 1.54) is 144 Å². The van der Waals surface area contributed by atoms with Crippen molar-refractivity contribution in [2.75, 3.05) is 0 Å². The molecule has 0 fully saturated rings. The Balaban J connectivity index is 1.19. The SMILES string of the molecule is CC(C)(C)c1ccc(C2(c3ccc(C(C)(C)C)cc3)c3cc(-c4ccc5ccccc5c4)ccc3-c3ccc4c(c32)C(c2ccc(C(C)(C)C)cc2)(c2ccc(C(C)(C)C)cc2)c2cc(-c3ccc5ccccc5c3)c3ccccc3c2-4)cc1. The van der Waals surface area contributed by atoms with Crippen LogP contribution in [0.25, 0.3) is 76.8 Å². The molecule has 0 aliphatic heterocycles. The highest BCUT2D eigenvalue weighted by molar-refractivity contribution is 6.12. The molecular formula is C84H76. The lowest BCUT2D eigenvalue weighted by Gasteiger charge is -2.41. The van der Waals surface area contributed by atoms with Crippen molar-refractivity contribution >= 4 is 32.3 Å². The lowest BCUT2D eigenvalue weighted by atomic mass is 9.59. The maximum atomic E-state index is 2.63. The largest absolute Gasteiger partial charge is 0.0717 e. The maximum Gasteiger partial charge on any atom is 0.0717 e. The van der Waals surface area contributed by atoms with E-state index in [0.29, 0.717) is 0 Å². The van der Waals surface area contributed by atoms with Crippen LogP contribution in [0.2, 0.25) is 0 Å². The molecule has 0 bridgehead atoms. The Kier molecular flexibility index (Phi) is 12.1. The van der Waals surface area contributed by atoms with Gasteiger partial charge in [-0.25, -0.2) is 0 Å². The van der Waals surface area contributed by atoms with Crippen LogP contribution in [0.1, 0.15) is 150 Å². The predicted molar refractivity (Wildman–Crippen MR) is 359 cm³/mol. The summed E-state index contributed by atoms with van der Waals surface area (Å²) in [5.74, 6) is 0. The van der Waals surface area contributed by atoms with Gasteiger partial charge in [-0.3, -0.25) is 0 Å². The molecule has 12 aromatic carbocycles. The predicted octanol–water partition coefficient (Wildman–Crippen LogP) is 22.4. The van der Waals surface area contributed by atoms with Gasteiger partial charge in [0, 0.05) is 0 Å². The van der Waals surface area contributed by atoms with E-state index in [4.69, 9.17) is 0 Å². The summed E-state index contributed by atoms with van der Waals surface area (Å²) in [7, 11) is 0. The van der Waals surface area contributed by atoms with Crippen LogP contribution in [0.15, 0.2) is 243 Å². The average Bonchev–Trinajstić information content (AvgIpc) is 1.50. The Morgan fingerprint density at radius 2 is 0.583 bits per heavy atom. The highest BCUT2D eigenvalue weighted by Crippen LogP contribution is 2.67. The molecule has 0 N–H and O–H groups in total. The third kappa shape index (κ3) is 8.22. The fraction of sp³-hybridized carbons (Fsp3) is 0.214. The van der Waals surface area contributed by atoms with Gasteiger partial charge in [0.25, 0.3) is 0 Å². The quantitative estimate of drug-likeness (QED) is 0.156. The van der Waals surface area contributed by atoms with E-state index in [0.717, 1.165) is 0 Å². The number of rotatable bonds is 6. The highest BCUT2D eigenvalue weighted by Gasteiger charge is 2.56. The summed E-state index contributed by atoms with van der Waals surface area (Å²) in [6.07, 6.45) is 0. The van der Waals surface area contributed by atoms with Crippen molar-refractivity contribution in [3.8, 4) is 44.5 Å². The molecule has 0 atom stereocenters. The van der Waals surface area contributed by atoms with Crippen molar-refractivity contribution in [1.82, 2.24) is 0 Å². The zero-order valence-electron chi connectivity index (χ0n) is 51.1. The standard InChI is InChI=1S/C84H76/c1-79(2,3)60-30-38-64(39-31-60)83(65-40-32-61(33-41-65)80(4,5)6)74-51-58(57-27-25-53-19-13-15-21-55(53)49-57)29-46-69(74)71-47-48-72-76-70-24-18-17-23-68(70)73(59-28-26-54-20-14-16-22-56(54)50-59)52-75(76)84(78(72)77(71)83,66-42-34-62(35-43-66)81(7,8)9)67-44-36-63(37-45-67)82(10,11)12/h13-52H,1-12H3. The van der Waals surface area contributed by atoms with Crippen LogP contribution in [-0.4, -0.2) is 0 Å². The van der Waals surface area contributed by atoms with E-state index in [1.54, 1.807) is 0 Å². The monoisotopic (exact) mass is 1080 g/mol. The maximum absolute atomic E-state index is 2.63. The summed E-state index contributed by atoms with van der Waals surface area (Å²) < 4.78 is 0. The molecule has 2 aliphatic carbocycles. The van der Waals surface area contributed by atoms with E-state index in [2.05, 4.69) is 326 Å². The second-order valence-corrected chi connectivity index (χ2v) is 28.5. The molecule has 0 heteroatoms. The molecule has 412 valence electrons. The Bertz CT molecular complexity index is 4460. The van der Waals surface area contributed by atoms with E-state index < -0.39 is 10.8 Å². The second-order valence-electron chi connectivity index (χ2n) is 28.5. The minimum atomic E-state index is -0.816. The van der Waals surface area contributed by atoms with Crippen LogP contribution in [0, 0.1) is 0 Å². The summed E-state index contributed by atoms with van der Waals surface area (Å²) in [6.45, 7) is 28.1. The molecule has 0 heterocycles. The Labute approximate surface area is 498 Å². The van der Waals surface area contributed by atoms with Gasteiger partial charge in [-0.1, -0.05) is 301 Å². The molecule has 0 nitrogen and oxygen atoms in total. The van der Waals surface area contributed by atoms with E-state index in [-0.39, 0.29) is 21.7 Å². The molecule has 0 unspecified atom stereocenters. The first-order valence-corrected chi connectivity index (χ1v) is 30.5. The molecule has 0 saturated carbocycles. The third-order valence-corrected chi connectivity index (χ3v) is 19.3. The van der Waals surface area contributed by atoms with Crippen LogP contribution >= 0.6 is 0 Å². The van der Waals surface area contributed by atoms with Crippen molar-refractivity contribution in [1.29, 1.82) is 0 Å². The summed E-state index contributed by atoms with van der Waals surface area (Å²) in [4.78, 5) is 0. The van der Waals surface area contributed by atoms with Gasteiger partial charge in [0.2, 0.25) is 0 Å².